The number of aromatic nitrogens is 1. The van der Waals surface area contributed by atoms with E-state index in [-0.39, 0.29) is 5.54 Å². The lowest BCUT2D eigenvalue weighted by Crippen LogP contribution is -2.35. The average molecular weight is 290 g/mol. The van der Waals surface area contributed by atoms with Crippen LogP contribution in [0.3, 0.4) is 0 Å². The fourth-order valence-electron chi connectivity index (χ4n) is 1.78. The molecule has 0 radical (unpaired) electrons. The van der Waals surface area contributed by atoms with E-state index in [0.717, 1.165) is 12.1 Å². The molecule has 0 aliphatic rings. The third kappa shape index (κ3) is 4.79. The molecule has 0 fully saturated rings. The Morgan fingerprint density at radius 3 is 2.62 bits per heavy atom. The summed E-state index contributed by atoms with van der Waals surface area (Å²) in [4.78, 5) is 0. The standard InChI is InChI=1S/C16H22N2O3/c1-16(2,3)17-10-12-5-6-14(19-4)15(9-12)20-11-13-7-8-18-21-13/h5-9,17H,10-11H2,1-4H3. The maximum atomic E-state index is 5.76. The fraction of sp³-hybridized carbons (Fsp3) is 0.438. The van der Waals surface area contributed by atoms with E-state index < -0.39 is 0 Å². The summed E-state index contributed by atoms with van der Waals surface area (Å²) in [5, 5.41) is 7.10. The van der Waals surface area contributed by atoms with Gasteiger partial charge in [0, 0.05) is 18.2 Å². The molecule has 2 aromatic rings. The first-order chi connectivity index (χ1) is 9.98. The normalized spacial score (nSPS) is 11.4. The van der Waals surface area contributed by atoms with E-state index in [9.17, 15) is 0 Å². The predicted octanol–water partition coefficient (Wildman–Crippen LogP) is 3.15. The van der Waals surface area contributed by atoms with E-state index in [1.165, 1.54) is 0 Å². The second-order valence-corrected chi connectivity index (χ2v) is 5.86. The Bertz CT molecular complexity index is 559. The van der Waals surface area contributed by atoms with E-state index in [4.69, 9.17) is 14.0 Å². The minimum Gasteiger partial charge on any atom is -0.493 e. The second kappa shape index (κ2) is 6.63. The van der Waals surface area contributed by atoms with Gasteiger partial charge in [0.05, 0.1) is 13.3 Å². The lowest BCUT2D eigenvalue weighted by molar-refractivity contribution is 0.239. The van der Waals surface area contributed by atoms with Crippen LogP contribution in [0.15, 0.2) is 35.0 Å². The molecule has 1 N–H and O–H groups in total. The summed E-state index contributed by atoms with van der Waals surface area (Å²) < 4.78 is 16.1. The van der Waals surface area contributed by atoms with Gasteiger partial charge in [-0.15, -0.1) is 0 Å². The SMILES string of the molecule is COc1ccc(CNC(C)(C)C)cc1OCc1ccno1. The zero-order valence-electron chi connectivity index (χ0n) is 13.0. The van der Waals surface area contributed by atoms with Crippen LogP contribution in [-0.4, -0.2) is 17.8 Å². The van der Waals surface area contributed by atoms with Gasteiger partial charge in [0.25, 0.3) is 0 Å². The predicted molar refractivity (Wildman–Crippen MR) is 80.4 cm³/mol. The first-order valence-corrected chi connectivity index (χ1v) is 6.92. The maximum absolute atomic E-state index is 5.76. The van der Waals surface area contributed by atoms with Gasteiger partial charge in [-0.05, 0) is 38.5 Å². The van der Waals surface area contributed by atoms with Crippen LogP contribution in [0.25, 0.3) is 0 Å². The minimum atomic E-state index is 0.0702. The van der Waals surface area contributed by atoms with Gasteiger partial charge >= 0.3 is 0 Å². The first-order valence-electron chi connectivity index (χ1n) is 6.92. The largest absolute Gasteiger partial charge is 0.493 e. The smallest absolute Gasteiger partial charge is 0.174 e. The summed E-state index contributed by atoms with van der Waals surface area (Å²) >= 11 is 0. The minimum absolute atomic E-state index is 0.0702. The Hall–Kier alpha value is -2.01. The highest BCUT2D eigenvalue weighted by molar-refractivity contribution is 5.43. The van der Waals surface area contributed by atoms with E-state index in [1.54, 1.807) is 19.4 Å². The van der Waals surface area contributed by atoms with Crippen molar-refractivity contribution >= 4 is 0 Å². The zero-order chi connectivity index (χ0) is 15.3. The van der Waals surface area contributed by atoms with Crippen molar-refractivity contribution in [3.8, 4) is 11.5 Å². The highest BCUT2D eigenvalue weighted by Crippen LogP contribution is 2.29. The Morgan fingerprint density at radius 2 is 2.00 bits per heavy atom. The number of hydrogen-bond donors (Lipinski definition) is 1. The molecule has 0 aliphatic carbocycles. The van der Waals surface area contributed by atoms with Crippen molar-refractivity contribution in [2.24, 2.45) is 0 Å². The monoisotopic (exact) mass is 290 g/mol. The lowest BCUT2D eigenvalue weighted by Gasteiger charge is -2.21. The van der Waals surface area contributed by atoms with Crippen LogP contribution in [0, 0.1) is 0 Å². The van der Waals surface area contributed by atoms with Crippen molar-refractivity contribution in [2.45, 2.75) is 39.5 Å². The van der Waals surface area contributed by atoms with Crippen LogP contribution < -0.4 is 14.8 Å². The van der Waals surface area contributed by atoms with Gasteiger partial charge in [-0.3, -0.25) is 0 Å². The molecule has 0 saturated heterocycles. The summed E-state index contributed by atoms with van der Waals surface area (Å²) in [6.07, 6.45) is 1.60. The van der Waals surface area contributed by atoms with Gasteiger partial charge in [-0.1, -0.05) is 11.2 Å². The lowest BCUT2D eigenvalue weighted by atomic mass is 10.1. The molecule has 0 amide bonds. The van der Waals surface area contributed by atoms with Crippen LogP contribution >= 0.6 is 0 Å². The second-order valence-electron chi connectivity index (χ2n) is 5.86. The quantitative estimate of drug-likeness (QED) is 0.885. The number of nitrogens with one attached hydrogen (secondary N) is 1. The van der Waals surface area contributed by atoms with Crippen molar-refractivity contribution in [3.05, 3.63) is 41.8 Å². The maximum Gasteiger partial charge on any atom is 0.174 e. The molecular weight excluding hydrogens is 268 g/mol. The van der Waals surface area contributed by atoms with Gasteiger partial charge < -0.3 is 19.3 Å². The molecule has 0 unspecified atom stereocenters. The van der Waals surface area contributed by atoms with Crippen LogP contribution in [0.2, 0.25) is 0 Å². The molecule has 0 spiro atoms. The third-order valence-corrected chi connectivity index (χ3v) is 2.91. The Balaban J connectivity index is 2.06. The van der Waals surface area contributed by atoms with E-state index >= 15 is 0 Å². The topological polar surface area (TPSA) is 56.5 Å². The number of rotatable bonds is 6. The van der Waals surface area contributed by atoms with Gasteiger partial charge in [0.2, 0.25) is 0 Å². The number of ether oxygens (including phenoxy) is 2. The molecule has 21 heavy (non-hydrogen) atoms. The van der Waals surface area contributed by atoms with Gasteiger partial charge in [0.1, 0.15) is 6.61 Å². The summed E-state index contributed by atoms with van der Waals surface area (Å²) in [5.74, 6) is 2.08. The van der Waals surface area contributed by atoms with E-state index in [1.807, 2.05) is 18.2 Å². The van der Waals surface area contributed by atoms with Crippen molar-refractivity contribution in [2.75, 3.05) is 7.11 Å². The van der Waals surface area contributed by atoms with E-state index in [0.29, 0.717) is 23.9 Å². The highest BCUT2D eigenvalue weighted by atomic mass is 16.5. The Morgan fingerprint density at radius 1 is 1.19 bits per heavy atom. The first kappa shape index (κ1) is 15.4. The Labute approximate surface area is 125 Å². The molecule has 2 rings (SSSR count). The molecule has 1 aromatic carbocycles. The molecule has 0 atom stereocenters. The average Bonchev–Trinajstić information content (AvgIpc) is 2.95. The number of nitrogens with zero attached hydrogens (tertiary/aromatic N) is 1. The number of methoxy groups -OCH3 is 1. The Kier molecular flexibility index (Phi) is 4.85. The molecule has 0 aliphatic heterocycles. The summed E-state index contributed by atoms with van der Waals surface area (Å²) in [5.41, 5.74) is 1.21. The van der Waals surface area contributed by atoms with Crippen molar-refractivity contribution < 1.29 is 14.0 Å². The zero-order valence-corrected chi connectivity index (χ0v) is 13.0. The summed E-state index contributed by atoms with van der Waals surface area (Å²) in [6.45, 7) is 7.51. The van der Waals surface area contributed by atoms with E-state index in [2.05, 4.69) is 31.2 Å². The number of benzene rings is 1. The summed E-state index contributed by atoms with van der Waals surface area (Å²) in [6, 6.07) is 7.69. The summed E-state index contributed by atoms with van der Waals surface area (Å²) in [7, 11) is 1.63. The van der Waals surface area contributed by atoms with Gasteiger partial charge in [-0.2, -0.15) is 0 Å². The molecule has 1 aromatic heterocycles. The molecule has 5 nitrogen and oxygen atoms in total. The van der Waals surface area contributed by atoms with Crippen LogP contribution in [0.4, 0.5) is 0 Å². The van der Waals surface area contributed by atoms with Crippen molar-refractivity contribution in [1.29, 1.82) is 0 Å². The van der Waals surface area contributed by atoms with Crippen molar-refractivity contribution in [3.63, 3.8) is 0 Å². The van der Waals surface area contributed by atoms with Crippen LogP contribution in [-0.2, 0) is 13.2 Å². The molecule has 0 bridgehead atoms. The molecule has 0 saturated carbocycles. The fourth-order valence-corrected chi connectivity index (χ4v) is 1.78. The van der Waals surface area contributed by atoms with Gasteiger partial charge in [-0.25, -0.2) is 0 Å². The van der Waals surface area contributed by atoms with Gasteiger partial charge in [0.15, 0.2) is 17.3 Å². The third-order valence-electron chi connectivity index (χ3n) is 2.91. The van der Waals surface area contributed by atoms with Crippen LogP contribution in [0.5, 0.6) is 11.5 Å². The highest BCUT2D eigenvalue weighted by Gasteiger charge is 2.11. The molecule has 5 heteroatoms. The van der Waals surface area contributed by atoms with Crippen molar-refractivity contribution in [1.82, 2.24) is 10.5 Å². The molecule has 114 valence electrons. The molecule has 1 heterocycles. The molecular formula is C16H22N2O3. The number of hydrogen-bond acceptors (Lipinski definition) is 5. The van der Waals surface area contributed by atoms with Crippen LogP contribution in [0.1, 0.15) is 32.1 Å².